The Hall–Kier alpha value is -0.410. The van der Waals surface area contributed by atoms with Crippen molar-refractivity contribution < 1.29 is 9.53 Å². The summed E-state index contributed by atoms with van der Waals surface area (Å²) in [6.07, 6.45) is 2.90. The number of carbonyl (C=O) groups is 1. The van der Waals surface area contributed by atoms with Crippen LogP contribution in [0.3, 0.4) is 0 Å². The predicted molar refractivity (Wildman–Crippen MR) is 51.7 cm³/mol. The van der Waals surface area contributed by atoms with Gasteiger partial charge >= 0.3 is 0 Å². The van der Waals surface area contributed by atoms with Gasteiger partial charge in [0.2, 0.25) is 0 Å². The Bertz CT molecular complexity index is 183. The van der Waals surface area contributed by atoms with Gasteiger partial charge in [-0.05, 0) is 33.2 Å². The third-order valence-corrected chi connectivity index (χ3v) is 2.78. The number of hydrogen-bond donors (Lipinski definition) is 1. The van der Waals surface area contributed by atoms with E-state index in [0.29, 0.717) is 12.5 Å². The van der Waals surface area contributed by atoms with Gasteiger partial charge in [0.25, 0.3) is 0 Å². The Labute approximate surface area is 79.8 Å². The van der Waals surface area contributed by atoms with E-state index in [4.69, 9.17) is 4.74 Å². The number of ketones is 1. The van der Waals surface area contributed by atoms with Gasteiger partial charge in [-0.2, -0.15) is 0 Å². The minimum absolute atomic E-state index is 0.189. The molecule has 0 aromatic rings. The third kappa shape index (κ3) is 2.78. The zero-order chi connectivity index (χ0) is 9.90. The molecule has 0 saturated carbocycles. The molecule has 1 saturated heterocycles. The van der Waals surface area contributed by atoms with Gasteiger partial charge in [0, 0.05) is 19.6 Å². The first-order chi connectivity index (χ1) is 6.06. The van der Waals surface area contributed by atoms with E-state index < -0.39 is 5.60 Å². The maximum absolute atomic E-state index is 11.7. The van der Waals surface area contributed by atoms with Crippen molar-refractivity contribution in [1.82, 2.24) is 5.32 Å². The quantitative estimate of drug-likeness (QED) is 0.713. The Morgan fingerprint density at radius 1 is 1.62 bits per heavy atom. The molecule has 3 heteroatoms. The molecule has 1 aliphatic heterocycles. The maximum Gasteiger partial charge on any atom is 0.165 e. The average Bonchev–Trinajstić information content (AvgIpc) is 2.57. The molecular formula is C10H19NO2. The van der Waals surface area contributed by atoms with E-state index in [0.717, 1.165) is 13.0 Å². The molecule has 1 fully saturated rings. The summed E-state index contributed by atoms with van der Waals surface area (Å²) in [5, 5.41) is 3.31. The van der Waals surface area contributed by atoms with Crippen LogP contribution in [0, 0.1) is 0 Å². The summed E-state index contributed by atoms with van der Waals surface area (Å²) in [7, 11) is 1.58. The summed E-state index contributed by atoms with van der Waals surface area (Å²) in [5.41, 5.74) is -0.621. The van der Waals surface area contributed by atoms with E-state index in [-0.39, 0.29) is 5.78 Å². The van der Waals surface area contributed by atoms with Gasteiger partial charge in [0.15, 0.2) is 5.78 Å². The van der Waals surface area contributed by atoms with Crippen molar-refractivity contribution in [3.63, 3.8) is 0 Å². The fourth-order valence-electron chi connectivity index (χ4n) is 1.51. The molecule has 76 valence electrons. The highest BCUT2D eigenvalue weighted by molar-refractivity contribution is 5.87. The summed E-state index contributed by atoms with van der Waals surface area (Å²) in [6, 6.07) is 0.377. The van der Waals surface area contributed by atoms with E-state index >= 15 is 0 Å². The second-order valence-corrected chi connectivity index (χ2v) is 4.14. The third-order valence-electron chi connectivity index (χ3n) is 2.78. The highest BCUT2D eigenvalue weighted by Gasteiger charge is 2.29. The number of carbonyl (C=O) groups excluding carboxylic acids is 1. The van der Waals surface area contributed by atoms with E-state index in [9.17, 15) is 4.79 Å². The van der Waals surface area contributed by atoms with Crippen LogP contribution in [0.2, 0.25) is 0 Å². The SMILES string of the molecule is COC(C)(C)C(=O)CC1CCCN1. The van der Waals surface area contributed by atoms with Gasteiger partial charge < -0.3 is 10.1 Å². The van der Waals surface area contributed by atoms with Crippen LogP contribution in [0.15, 0.2) is 0 Å². The van der Waals surface area contributed by atoms with Gasteiger partial charge in [-0.3, -0.25) is 4.79 Å². The van der Waals surface area contributed by atoms with Crippen LogP contribution < -0.4 is 5.32 Å². The molecule has 0 spiro atoms. The molecule has 1 unspecified atom stereocenters. The normalized spacial score (nSPS) is 23.5. The molecular weight excluding hydrogens is 166 g/mol. The molecule has 3 nitrogen and oxygen atoms in total. The van der Waals surface area contributed by atoms with Gasteiger partial charge in [-0.1, -0.05) is 0 Å². The lowest BCUT2D eigenvalue weighted by Crippen LogP contribution is -2.38. The van der Waals surface area contributed by atoms with Crippen molar-refractivity contribution >= 4 is 5.78 Å². The lowest BCUT2D eigenvalue weighted by Gasteiger charge is -2.22. The summed E-state index contributed by atoms with van der Waals surface area (Å²) < 4.78 is 5.13. The summed E-state index contributed by atoms with van der Waals surface area (Å²) in [5.74, 6) is 0.189. The molecule has 1 rings (SSSR count). The number of ether oxygens (including phenoxy) is 1. The van der Waals surface area contributed by atoms with Crippen LogP contribution in [0.25, 0.3) is 0 Å². The minimum Gasteiger partial charge on any atom is -0.371 e. The summed E-state index contributed by atoms with van der Waals surface area (Å²) in [6.45, 7) is 4.69. The summed E-state index contributed by atoms with van der Waals surface area (Å²) >= 11 is 0. The van der Waals surface area contributed by atoms with Crippen LogP contribution in [-0.4, -0.2) is 31.1 Å². The first-order valence-corrected chi connectivity index (χ1v) is 4.88. The Morgan fingerprint density at radius 3 is 2.77 bits per heavy atom. The molecule has 13 heavy (non-hydrogen) atoms. The Balaban J connectivity index is 2.39. The standard InChI is InChI=1S/C10H19NO2/c1-10(2,13-3)9(12)7-8-5-4-6-11-8/h8,11H,4-7H2,1-3H3. The smallest absolute Gasteiger partial charge is 0.165 e. The second kappa shape index (κ2) is 4.20. The first kappa shape index (κ1) is 10.7. The molecule has 0 bridgehead atoms. The van der Waals surface area contributed by atoms with Crippen molar-refractivity contribution in [2.45, 2.75) is 44.8 Å². The topological polar surface area (TPSA) is 38.3 Å². The largest absolute Gasteiger partial charge is 0.371 e. The van der Waals surface area contributed by atoms with E-state index in [1.54, 1.807) is 7.11 Å². The van der Waals surface area contributed by atoms with Crippen LogP contribution in [0.5, 0.6) is 0 Å². The molecule has 1 aliphatic rings. The van der Waals surface area contributed by atoms with E-state index in [2.05, 4.69) is 5.32 Å². The lowest BCUT2D eigenvalue weighted by atomic mass is 9.96. The highest BCUT2D eigenvalue weighted by atomic mass is 16.5. The van der Waals surface area contributed by atoms with Crippen molar-refractivity contribution in [3.05, 3.63) is 0 Å². The predicted octanol–water partition coefficient (Wildman–Crippen LogP) is 1.12. The maximum atomic E-state index is 11.7. The van der Waals surface area contributed by atoms with Gasteiger partial charge in [-0.25, -0.2) is 0 Å². The van der Waals surface area contributed by atoms with E-state index in [1.165, 1.54) is 6.42 Å². The van der Waals surface area contributed by atoms with Crippen molar-refractivity contribution in [1.29, 1.82) is 0 Å². The molecule has 0 aromatic carbocycles. The Morgan fingerprint density at radius 2 is 2.31 bits per heavy atom. The van der Waals surface area contributed by atoms with Crippen LogP contribution in [-0.2, 0) is 9.53 Å². The zero-order valence-corrected chi connectivity index (χ0v) is 8.72. The number of nitrogens with one attached hydrogen (secondary N) is 1. The number of methoxy groups -OCH3 is 1. The number of Topliss-reactive ketones (excluding diaryl/α,β-unsaturated/α-hetero) is 1. The molecule has 0 aliphatic carbocycles. The summed E-state index contributed by atoms with van der Waals surface area (Å²) in [4.78, 5) is 11.7. The van der Waals surface area contributed by atoms with Crippen LogP contribution in [0.4, 0.5) is 0 Å². The lowest BCUT2D eigenvalue weighted by molar-refractivity contribution is -0.137. The molecule has 1 N–H and O–H groups in total. The first-order valence-electron chi connectivity index (χ1n) is 4.88. The monoisotopic (exact) mass is 185 g/mol. The number of hydrogen-bond acceptors (Lipinski definition) is 3. The average molecular weight is 185 g/mol. The molecule has 0 aromatic heterocycles. The fourth-order valence-corrected chi connectivity index (χ4v) is 1.51. The van der Waals surface area contributed by atoms with Gasteiger partial charge in [0.05, 0.1) is 0 Å². The zero-order valence-electron chi connectivity index (χ0n) is 8.72. The van der Waals surface area contributed by atoms with Crippen LogP contribution in [0.1, 0.15) is 33.1 Å². The molecule has 0 amide bonds. The van der Waals surface area contributed by atoms with E-state index in [1.807, 2.05) is 13.8 Å². The van der Waals surface area contributed by atoms with Crippen LogP contribution >= 0.6 is 0 Å². The van der Waals surface area contributed by atoms with Crippen molar-refractivity contribution in [3.8, 4) is 0 Å². The molecule has 1 heterocycles. The van der Waals surface area contributed by atoms with Crippen molar-refractivity contribution in [2.24, 2.45) is 0 Å². The minimum atomic E-state index is -0.621. The molecule has 1 atom stereocenters. The highest BCUT2D eigenvalue weighted by Crippen LogP contribution is 2.16. The fraction of sp³-hybridized carbons (Fsp3) is 0.900. The Kier molecular flexibility index (Phi) is 3.45. The number of rotatable bonds is 4. The molecule has 0 radical (unpaired) electrons. The van der Waals surface area contributed by atoms with Crippen molar-refractivity contribution in [2.75, 3.05) is 13.7 Å². The van der Waals surface area contributed by atoms with Gasteiger partial charge in [0.1, 0.15) is 5.60 Å². The second-order valence-electron chi connectivity index (χ2n) is 4.14. The van der Waals surface area contributed by atoms with Gasteiger partial charge in [-0.15, -0.1) is 0 Å².